The summed E-state index contributed by atoms with van der Waals surface area (Å²) in [7, 11) is 1.32. The van der Waals surface area contributed by atoms with Crippen LogP contribution in [0.5, 0.6) is 11.5 Å². The van der Waals surface area contributed by atoms with Gasteiger partial charge in [-0.3, -0.25) is 14.9 Å². The third-order valence-electron chi connectivity index (χ3n) is 3.30. The van der Waals surface area contributed by atoms with E-state index in [2.05, 4.69) is 0 Å². The zero-order valence-corrected chi connectivity index (χ0v) is 14.1. The number of unbranched alkanes of at least 4 members (excludes halogenated alkanes) is 2. The Hall–Kier alpha value is -2.84. The first kappa shape index (κ1) is 20.2. The van der Waals surface area contributed by atoms with E-state index in [1.807, 2.05) is 0 Å². The number of carbonyl (C=O) groups is 2. The number of nitrogens with zero attached hydrogens (tertiary/aromatic N) is 1. The van der Waals surface area contributed by atoms with Gasteiger partial charge in [-0.05, 0) is 26.2 Å². The van der Waals surface area contributed by atoms with Crippen molar-refractivity contribution in [3.05, 3.63) is 27.8 Å². The van der Waals surface area contributed by atoms with Gasteiger partial charge in [0.1, 0.15) is 5.56 Å². The molecule has 9 nitrogen and oxygen atoms in total. The largest absolute Gasteiger partial charge is 0.493 e. The molecule has 0 radical (unpaired) electrons. The van der Waals surface area contributed by atoms with Crippen LogP contribution >= 0.6 is 0 Å². The molecule has 0 aliphatic heterocycles. The molecule has 0 bridgehead atoms. The van der Waals surface area contributed by atoms with E-state index >= 15 is 0 Å². The predicted molar refractivity (Wildman–Crippen MR) is 87.2 cm³/mol. The number of aromatic carboxylic acids is 1. The number of nitro groups is 1. The van der Waals surface area contributed by atoms with Gasteiger partial charge in [0.15, 0.2) is 11.5 Å². The number of hydrogen-bond donors (Lipinski definition) is 1. The Bertz CT molecular complexity index is 629. The molecule has 1 aromatic carbocycles. The van der Waals surface area contributed by atoms with Crippen LogP contribution in [0.3, 0.4) is 0 Å². The molecular weight excluding hydrogens is 334 g/mol. The normalized spacial score (nSPS) is 10.2. The third kappa shape index (κ3) is 6.28. The second-order valence-corrected chi connectivity index (χ2v) is 5.05. The van der Waals surface area contributed by atoms with E-state index in [1.165, 1.54) is 7.11 Å². The van der Waals surface area contributed by atoms with Crippen LogP contribution < -0.4 is 9.47 Å². The Balaban J connectivity index is 2.63. The summed E-state index contributed by atoms with van der Waals surface area (Å²) in [5.74, 6) is -1.46. The summed E-state index contributed by atoms with van der Waals surface area (Å²) in [5.41, 5.74) is -1.03. The molecule has 0 aliphatic rings. The van der Waals surface area contributed by atoms with E-state index in [-0.39, 0.29) is 24.1 Å². The summed E-state index contributed by atoms with van der Waals surface area (Å²) in [5, 5.41) is 20.1. The quantitative estimate of drug-likeness (QED) is 0.278. The molecule has 0 heterocycles. The second-order valence-electron chi connectivity index (χ2n) is 5.05. The molecule has 0 aromatic heterocycles. The lowest BCUT2D eigenvalue weighted by Crippen LogP contribution is -2.06. The molecule has 0 amide bonds. The predicted octanol–water partition coefficient (Wildman–Crippen LogP) is 2.80. The van der Waals surface area contributed by atoms with Gasteiger partial charge < -0.3 is 19.3 Å². The van der Waals surface area contributed by atoms with Crippen LogP contribution in [-0.4, -0.2) is 42.3 Å². The van der Waals surface area contributed by atoms with Gasteiger partial charge in [-0.2, -0.15) is 0 Å². The minimum Gasteiger partial charge on any atom is -0.493 e. The Morgan fingerprint density at radius 2 is 1.92 bits per heavy atom. The summed E-state index contributed by atoms with van der Waals surface area (Å²) < 4.78 is 15.3. The summed E-state index contributed by atoms with van der Waals surface area (Å²) in [6, 6.07) is 2.11. The zero-order chi connectivity index (χ0) is 18.8. The van der Waals surface area contributed by atoms with E-state index in [0.717, 1.165) is 18.6 Å². The maximum Gasteiger partial charge on any atom is 0.342 e. The summed E-state index contributed by atoms with van der Waals surface area (Å²) in [6.07, 6.45) is 2.32. The maximum atomic E-state index is 11.2. The molecule has 1 rings (SSSR count). The first-order chi connectivity index (χ1) is 11.9. The molecule has 0 atom stereocenters. The van der Waals surface area contributed by atoms with Crippen molar-refractivity contribution in [2.75, 3.05) is 20.3 Å². The van der Waals surface area contributed by atoms with Crippen LogP contribution in [0.25, 0.3) is 0 Å². The number of methoxy groups -OCH3 is 1. The first-order valence-electron chi connectivity index (χ1n) is 7.78. The Morgan fingerprint density at radius 3 is 2.48 bits per heavy atom. The molecule has 9 heteroatoms. The van der Waals surface area contributed by atoms with Crippen molar-refractivity contribution in [2.24, 2.45) is 0 Å². The Morgan fingerprint density at radius 1 is 1.20 bits per heavy atom. The van der Waals surface area contributed by atoms with Crippen molar-refractivity contribution in [2.45, 2.75) is 32.6 Å². The maximum absolute atomic E-state index is 11.2. The number of esters is 1. The molecular formula is C16H21NO8. The highest BCUT2D eigenvalue weighted by molar-refractivity contribution is 5.93. The topological polar surface area (TPSA) is 125 Å². The van der Waals surface area contributed by atoms with Crippen molar-refractivity contribution in [3.63, 3.8) is 0 Å². The molecule has 1 aromatic rings. The van der Waals surface area contributed by atoms with Gasteiger partial charge in [-0.15, -0.1) is 0 Å². The molecule has 0 unspecified atom stereocenters. The Kier molecular flexibility index (Phi) is 8.17. The van der Waals surface area contributed by atoms with Gasteiger partial charge in [-0.25, -0.2) is 4.79 Å². The van der Waals surface area contributed by atoms with E-state index in [0.29, 0.717) is 25.9 Å². The van der Waals surface area contributed by atoms with Gasteiger partial charge in [0, 0.05) is 12.5 Å². The molecule has 0 aliphatic carbocycles. The number of rotatable bonds is 11. The van der Waals surface area contributed by atoms with Gasteiger partial charge in [0.25, 0.3) is 5.69 Å². The smallest absolute Gasteiger partial charge is 0.342 e. The second kappa shape index (κ2) is 10.1. The van der Waals surface area contributed by atoms with Crippen molar-refractivity contribution in [1.82, 2.24) is 0 Å². The van der Waals surface area contributed by atoms with Gasteiger partial charge in [0.2, 0.25) is 0 Å². The van der Waals surface area contributed by atoms with E-state index in [4.69, 9.17) is 19.3 Å². The lowest BCUT2D eigenvalue weighted by Gasteiger charge is -2.11. The van der Waals surface area contributed by atoms with Crippen LogP contribution in [-0.2, 0) is 9.53 Å². The van der Waals surface area contributed by atoms with Crippen LogP contribution in [0.4, 0.5) is 5.69 Å². The summed E-state index contributed by atoms with van der Waals surface area (Å²) >= 11 is 0. The number of nitro benzene ring substituents is 1. The lowest BCUT2D eigenvalue weighted by molar-refractivity contribution is -0.385. The monoisotopic (exact) mass is 355 g/mol. The number of benzene rings is 1. The van der Waals surface area contributed by atoms with Gasteiger partial charge in [-0.1, -0.05) is 0 Å². The number of hydrogen-bond acceptors (Lipinski definition) is 7. The fraction of sp³-hybridized carbons (Fsp3) is 0.500. The van der Waals surface area contributed by atoms with Crippen LogP contribution in [0.15, 0.2) is 12.1 Å². The fourth-order valence-electron chi connectivity index (χ4n) is 2.11. The van der Waals surface area contributed by atoms with E-state index in [9.17, 15) is 19.7 Å². The minimum atomic E-state index is -1.42. The highest BCUT2D eigenvalue weighted by Gasteiger charge is 2.24. The summed E-state index contributed by atoms with van der Waals surface area (Å²) in [4.78, 5) is 32.5. The standard InChI is InChI=1S/C16H21NO8/c1-3-24-15(18)7-5-4-6-8-25-14-10-12(17(21)22)11(16(19)20)9-13(14)23-2/h9-10H,3-8H2,1-2H3,(H,19,20). The number of carboxylic acids is 1. The lowest BCUT2D eigenvalue weighted by atomic mass is 10.1. The molecule has 0 saturated heterocycles. The first-order valence-corrected chi connectivity index (χ1v) is 7.78. The van der Waals surface area contributed by atoms with Crippen LogP contribution in [0.1, 0.15) is 43.0 Å². The number of carbonyl (C=O) groups excluding carboxylic acids is 1. The highest BCUT2D eigenvalue weighted by atomic mass is 16.6. The summed E-state index contributed by atoms with van der Waals surface area (Å²) in [6.45, 7) is 2.35. The number of carboxylic acid groups (broad SMARTS) is 1. The van der Waals surface area contributed by atoms with Crippen molar-refractivity contribution in [3.8, 4) is 11.5 Å². The highest BCUT2D eigenvalue weighted by Crippen LogP contribution is 2.34. The van der Waals surface area contributed by atoms with Gasteiger partial charge >= 0.3 is 11.9 Å². The molecule has 0 saturated carbocycles. The fourth-order valence-corrected chi connectivity index (χ4v) is 2.11. The van der Waals surface area contributed by atoms with E-state index in [1.54, 1.807) is 6.92 Å². The van der Waals surface area contributed by atoms with Gasteiger partial charge in [0.05, 0.1) is 31.3 Å². The SMILES string of the molecule is CCOC(=O)CCCCCOc1cc([N+](=O)[O-])c(C(=O)O)cc1OC. The minimum absolute atomic E-state index is 0.101. The van der Waals surface area contributed by atoms with E-state index < -0.39 is 22.1 Å². The Labute approximate surface area is 144 Å². The van der Waals surface area contributed by atoms with Crippen LogP contribution in [0, 0.1) is 10.1 Å². The van der Waals surface area contributed by atoms with Crippen molar-refractivity contribution >= 4 is 17.6 Å². The number of ether oxygens (including phenoxy) is 3. The van der Waals surface area contributed by atoms with Crippen molar-refractivity contribution in [1.29, 1.82) is 0 Å². The molecule has 0 spiro atoms. The zero-order valence-electron chi connectivity index (χ0n) is 14.1. The molecule has 138 valence electrons. The molecule has 25 heavy (non-hydrogen) atoms. The van der Waals surface area contributed by atoms with Crippen LogP contribution in [0.2, 0.25) is 0 Å². The molecule has 1 N–H and O–H groups in total. The average molecular weight is 355 g/mol. The van der Waals surface area contributed by atoms with Crippen molar-refractivity contribution < 1.29 is 33.8 Å². The average Bonchev–Trinajstić information content (AvgIpc) is 2.57. The third-order valence-corrected chi connectivity index (χ3v) is 3.30. The molecule has 0 fully saturated rings.